The van der Waals surface area contributed by atoms with Gasteiger partial charge in [0.25, 0.3) is 0 Å². The molecule has 0 aliphatic heterocycles. The second-order valence-corrected chi connectivity index (χ2v) is 10.7. The largest absolute Gasteiger partial charge is 1.00 e. The molecule has 0 aromatic rings. The van der Waals surface area contributed by atoms with Gasteiger partial charge in [-0.3, -0.25) is 0 Å². The van der Waals surface area contributed by atoms with E-state index in [0.717, 1.165) is 50.4 Å². The van der Waals surface area contributed by atoms with Gasteiger partial charge in [-0.05, 0) is 24.7 Å². The number of carboxylic acids is 1. The predicted molar refractivity (Wildman–Crippen MR) is 135 cm³/mol. The van der Waals surface area contributed by atoms with Crippen LogP contribution < -0.4 is 56.5 Å². The summed E-state index contributed by atoms with van der Waals surface area (Å²) in [5.74, 6) is 0.382. The second-order valence-electron chi connectivity index (χ2n) is 10.7. The smallest absolute Gasteiger partial charge is 0.548 e. The molecular weight excluding hydrogens is 455 g/mol. The number of ether oxygens (including phenoxy) is 2. The Bertz CT molecular complexity index is 431. The number of carbonyl (C=O) groups excluding carboxylic acids is 1. The van der Waals surface area contributed by atoms with Crippen molar-refractivity contribution in [2.75, 3.05) is 19.8 Å². The van der Waals surface area contributed by atoms with Gasteiger partial charge in [-0.2, -0.15) is 0 Å². The molecule has 0 saturated carbocycles. The molecule has 34 heavy (non-hydrogen) atoms. The molecule has 0 fully saturated rings. The van der Waals surface area contributed by atoms with Gasteiger partial charge in [0, 0.05) is 0 Å². The zero-order valence-corrected chi connectivity index (χ0v) is 26.4. The van der Waals surface area contributed by atoms with Crippen LogP contribution in [0, 0.1) is 11.8 Å². The molecule has 5 nitrogen and oxygen atoms in total. The summed E-state index contributed by atoms with van der Waals surface area (Å²) in [6.07, 6.45) is 18.3. The SMILES string of the molecule is CC(C)CCCCCCCCC(O)COC(CCCCCCCCC(C)C)COCC(=O)[O-].[K+]. The molecule has 0 radical (unpaired) electrons. The van der Waals surface area contributed by atoms with Crippen LogP contribution in [0.25, 0.3) is 0 Å². The van der Waals surface area contributed by atoms with E-state index in [0.29, 0.717) is 6.61 Å². The summed E-state index contributed by atoms with van der Waals surface area (Å²) in [4.78, 5) is 10.6. The van der Waals surface area contributed by atoms with E-state index in [1.165, 1.54) is 64.2 Å². The van der Waals surface area contributed by atoms with Gasteiger partial charge in [0.1, 0.15) is 0 Å². The molecule has 0 heterocycles. The summed E-state index contributed by atoms with van der Waals surface area (Å²) in [6.45, 7) is 9.23. The van der Waals surface area contributed by atoms with Crippen LogP contribution in [0.3, 0.4) is 0 Å². The molecular formula is C28H55KO5. The van der Waals surface area contributed by atoms with Crippen molar-refractivity contribution in [3.05, 3.63) is 0 Å². The van der Waals surface area contributed by atoms with E-state index in [9.17, 15) is 15.0 Å². The minimum Gasteiger partial charge on any atom is -0.548 e. The number of carboxylic acid groups (broad SMARTS) is 1. The van der Waals surface area contributed by atoms with Crippen molar-refractivity contribution in [2.24, 2.45) is 11.8 Å². The van der Waals surface area contributed by atoms with Crippen molar-refractivity contribution in [1.29, 1.82) is 0 Å². The number of aliphatic carboxylic acids is 1. The fourth-order valence-corrected chi connectivity index (χ4v) is 4.09. The summed E-state index contributed by atoms with van der Waals surface area (Å²) < 4.78 is 11.1. The summed E-state index contributed by atoms with van der Waals surface area (Å²) in [7, 11) is 0. The fraction of sp³-hybridized carbons (Fsp3) is 0.964. The van der Waals surface area contributed by atoms with Crippen LogP contribution in [0.1, 0.15) is 130 Å². The minimum atomic E-state index is -1.21. The first-order valence-electron chi connectivity index (χ1n) is 13.9. The maximum atomic E-state index is 10.6. The van der Waals surface area contributed by atoms with E-state index in [2.05, 4.69) is 27.7 Å². The van der Waals surface area contributed by atoms with E-state index in [-0.39, 0.29) is 64.1 Å². The Morgan fingerprint density at radius 2 is 1.09 bits per heavy atom. The van der Waals surface area contributed by atoms with Gasteiger partial charge in [-0.25, -0.2) is 0 Å². The number of rotatable bonds is 25. The molecule has 2 atom stereocenters. The van der Waals surface area contributed by atoms with E-state index >= 15 is 0 Å². The maximum absolute atomic E-state index is 10.6. The number of unbranched alkanes of at least 4 members (excludes halogenated alkanes) is 10. The van der Waals surface area contributed by atoms with Gasteiger partial charge >= 0.3 is 51.4 Å². The van der Waals surface area contributed by atoms with E-state index in [1.807, 2.05) is 0 Å². The van der Waals surface area contributed by atoms with Gasteiger partial charge in [0.15, 0.2) is 0 Å². The molecule has 2 unspecified atom stereocenters. The first-order chi connectivity index (χ1) is 15.8. The van der Waals surface area contributed by atoms with E-state index < -0.39 is 18.7 Å². The Balaban J connectivity index is 0. The molecule has 0 aliphatic rings. The number of carbonyl (C=O) groups is 1. The van der Waals surface area contributed by atoms with Crippen molar-refractivity contribution in [1.82, 2.24) is 0 Å². The molecule has 198 valence electrons. The summed E-state index contributed by atoms with van der Waals surface area (Å²) in [5, 5.41) is 20.9. The molecule has 0 aromatic carbocycles. The van der Waals surface area contributed by atoms with Crippen molar-refractivity contribution in [3.8, 4) is 0 Å². The molecule has 0 saturated heterocycles. The van der Waals surface area contributed by atoms with Crippen molar-refractivity contribution < 1.29 is 75.9 Å². The van der Waals surface area contributed by atoms with Crippen LogP contribution in [0.4, 0.5) is 0 Å². The molecule has 0 spiro atoms. The molecule has 1 N–H and O–H groups in total. The summed E-state index contributed by atoms with van der Waals surface area (Å²) in [5.41, 5.74) is 0. The van der Waals surface area contributed by atoms with Crippen LogP contribution in [0.2, 0.25) is 0 Å². The summed E-state index contributed by atoms with van der Waals surface area (Å²) in [6, 6.07) is 0. The van der Waals surface area contributed by atoms with Crippen molar-refractivity contribution in [2.45, 2.75) is 143 Å². The fourth-order valence-electron chi connectivity index (χ4n) is 4.09. The molecule has 0 amide bonds. The Kier molecular flexibility index (Phi) is 29.5. The van der Waals surface area contributed by atoms with Gasteiger partial charge in [0.2, 0.25) is 0 Å². The Labute approximate surface area is 253 Å². The number of aliphatic hydroxyl groups is 1. The first kappa shape index (κ1) is 37.1. The third kappa shape index (κ3) is 29.2. The Morgan fingerprint density at radius 3 is 1.53 bits per heavy atom. The third-order valence-electron chi connectivity index (χ3n) is 6.17. The van der Waals surface area contributed by atoms with Crippen LogP contribution in [-0.4, -0.2) is 43.1 Å². The monoisotopic (exact) mass is 510 g/mol. The van der Waals surface area contributed by atoms with Crippen molar-refractivity contribution in [3.63, 3.8) is 0 Å². The minimum absolute atomic E-state index is 0. The van der Waals surface area contributed by atoms with Crippen LogP contribution >= 0.6 is 0 Å². The normalized spacial score (nSPS) is 13.3. The molecule has 0 bridgehead atoms. The number of hydrogen-bond acceptors (Lipinski definition) is 5. The molecule has 6 heteroatoms. The van der Waals surface area contributed by atoms with Crippen molar-refractivity contribution >= 4 is 5.97 Å². The average molecular weight is 511 g/mol. The van der Waals surface area contributed by atoms with Gasteiger partial charge in [-0.15, -0.1) is 0 Å². The van der Waals surface area contributed by atoms with Crippen LogP contribution in [-0.2, 0) is 14.3 Å². The van der Waals surface area contributed by atoms with Gasteiger partial charge < -0.3 is 24.5 Å². The Hall–Kier alpha value is 0.986. The molecule has 0 rings (SSSR count). The molecule has 0 aromatic heterocycles. The molecule has 0 aliphatic carbocycles. The third-order valence-corrected chi connectivity index (χ3v) is 6.17. The van der Waals surface area contributed by atoms with Gasteiger partial charge in [0.05, 0.1) is 38.0 Å². The van der Waals surface area contributed by atoms with Gasteiger partial charge in [-0.1, -0.05) is 118 Å². The zero-order valence-electron chi connectivity index (χ0n) is 23.3. The predicted octanol–water partition coefficient (Wildman–Crippen LogP) is 3.06. The topological polar surface area (TPSA) is 78.8 Å². The quantitative estimate of drug-likeness (QED) is 0.151. The second kappa shape index (κ2) is 27.0. The maximum Gasteiger partial charge on any atom is 1.00 e. The number of hydrogen-bond donors (Lipinski definition) is 1. The van der Waals surface area contributed by atoms with Crippen LogP contribution in [0.15, 0.2) is 0 Å². The summed E-state index contributed by atoms with van der Waals surface area (Å²) >= 11 is 0. The van der Waals surface area contributed by atoms with E-state index in [1.54, 1.807) is 0 Å². The average Bonchev–Trinajstić information content (AvgIpc) is 2.74. The first-order valence-corrected chi connectivity index (χ1v) is 13.9. The zero-order chi connectivity index (χ0) is 24.7. The van der Waals surface area contributed by atoms with E-state index in [4.69, 9.17) is 9.47 Å². The van der Waals surface area contributed by atoms with Crippen LogP contribution in [0.5, 0.6) is 0 Å². The standard InChI is InChI=1S/C28H56O5.K/c1-24(2)17-13-9-5-7-11-15-19-26(29)21-33-27(22-32-23-28(30)31)20-16-12-8-6-10-14-18-25(3)4;/h24-27,29H,5-23H2,1-4H3,(H,30,31);/q;+1/p-1. The Morgan fingerprint density at radius 1 is 0.676 bits per heavy atom. The number of aliphatic hydroxyl groups excluding tert-OH is 1.